The molecule has 0 bridgehead atoms. The lowest BCUT2D eigenvalue weighted by molar-refractivity contribution is 0.285. The quantitative estimate of drug-likeness (QED) is 0.909. The number of methoxy groups -OCH3 is 1. The number of anilines is 1. The van der Waals surface area contributed by atoms with Crippen molar-refractivity contribution in [1.82, 2.24) is 0 Å². The minimum atomic E-state index is 0.552. The van der Waals surface area contributed by atoms with E-state index in [9.17, 15) is 0 Å². The Morgan fingerprint density at radius 1 is 1.05 bits per heavy atom. The van der Waals surface area contributed by atoms with E-state index >= 15 is 0 Å². The van der Waals surface area contributed by atoms with Crippen molar-refractivity contribution in [2.45, 2.75) is 13.0 Å². The van der Waals surface area contributed by atoms with E-state index in [1.807, 2.05) is 24.3 Å². The molecule has 0 aromatic heterocycles. The van der Waals surface area contributed by atoms with Crippen molar-refractivity contribution < 1.29 is 9.47 Å². The third-order valence-electron chi connectivity index (χ3n) is 3.39. The highest BCUT2D eigenvalue weighted by Crippen LogP contribution is 2.30. The SMILES string of the molecule is COc1ccccc1OCc1cccc2c1NCC2. The number of nitrogens with one attached hydrogen (secondary N) is 1. The molecule has 2 aromatic carbocycles. The summed E-state index contributed by atoms with van der Waals surface area (Å²) in [5, 5.41) is 3.42. The highest BCUT2D eigenvalue weighted by Gasteiger charge is 2.14. The molecule has 0 spiro atoms. The summed E-state index contributed by atoms with van der Waals surface area (Å²) in [6.07, 6.45) is 1.10. The van der Waals surface area contributed by atoms with Gasteiger partial charge >= 0.3 is 0 Å². The van der Waals surface area contributed by atoms with Gasteiger partial charge < -0.3 is 14.8 Å². The Morgan fingerprint density at radius 2 is 1.89 bits per heavy atom. The van der Waals surface area contributed by atoms with Gasteiger partial charge in [0.2, 0.25) is 0 Å². The average molecular weight is 255 g/mol. The van der Waals surface area contributed by atoms with Gasteiger partial charge in [-0.2, -0.15) is 0 Å². The van der Waals surface area contributed by atoms with E-state index in [1.54, 1.807) is 7.11 Å². The number of ether oxygens (including phenoxy) is 2. The van der Waals surface area contributed by atoms with Crippen LogP contribution in [0, 0.1) is 0 Å². The van der Waals surface area contributed by atoms with Gasteiger partial charge in [0.1, 0.15) is 6.61 Å². The molecular formula is C16H17NO2. The molecule has 3 rings (SSSR count). The first-order valence-electron chi connectivity index (χ1n) is 6.49. The molecule has 0 radical (unpaired) electrons. The van der Waals surface area contributed by atoms with Gasteiger partial charge in [-0.3, -0.25) is 0 Å². The second kappa shape index (κ2) is 5.22. The number of hydrogen-bond donors (Lipinski definition) is 1. The van der Waals surface area contributed by atoms with Gasteiger partial charge in [0.25, 0.3) is 0 Å². The van der Waals surface area contributed by atoms with Gasteiger partial charge in [-0.05, 0) is 24.1 Å². The van der Waals surface area contributed by atoms with E-state index in [1.165, 1.54) is 16.8 Å². The van der Waals surface area contributed by atoms with Crippen LogP contribution < -0.4 is 14.8 Å². The number of rotatable bonds is 4. The fraction of sp³-hybridized carbons (Fsp3) is 0.250. The molecule has 19 heavy (non-hydrogen) atoms. The third-order valence-corrected chi connectivity index (χ3v) is 3.39. The normalized spacial score (nSPS) is 12.7. The first-order chi connectivity index (χ1) is 9.38. The maximum absolute atomic E-state index is 5.87. The van der Waals surface area contributed by atoms with Gasteiger partial charge in [0.15, 0.2) is 11.5 Å². The molecule has 3 nitrogen and oxygen atoms in total. The van der Waals surface area contributed by atoms with Crippen LogP contribution in [0.15, 0.2) is 42.5 Å². The Labute approximate surface area is 113 Å². The zero-order valence-corrected chi connectivity index (χ0v) is 11.0. The molecule has 98 valence electrons. The lowest BCUT2D eigenvalue weighted by atomic mass is 10.1. The molecule has 0 saturated carbocycles. The number of benzene rings is 2. The fourth-order valence-electron chi connectivity index (χ4n) is 2.42. The van der Waals surface area contributed by atoms with E-state index < -0.39 is 0 Å². The van der Waals surface area contributed by atoms with Gasteiger partial charge in [0.05, 0.1) is 7.11 Å². The molecule has 2 aromatic rings. The Bertz CT molecular complexity index is 581. The maximum Gasteiger partial charge on any atom is 0.161 e. The van der Waals surface area contributed by atoms with E-state index in [0.29, 0.717) is 6.61 Å². The second-order valence-corrected chi connectivity index (χ2v) is 4.57. The molecule has 1 aliphatic rings. The summed E-state index contributed by atoms with van der Waals surface area (Å²) < 4.78 is 11.2. The predicted octanol–water partition coefficient (Wildman–Crippen LogP) is 3.24. The Kier molecular flexibility index (Phi) is 3.27. The average Bonchev–Trinajstić information content (AvgIpc) is 2.94. The Balaban J connectivity index is 1.78. The van der Waals surface area contributed by atoms with Crippen molar-refractivity contribution in [3.8, 4) is 11.5 Å². The molecular weight excluding hydrogens is 238 g/mol. The number of fused-ring (bicyclic) bond motifs is 1. The summed E-state index contributed by atoms with van der Waals surface area (Å²) in [6.45, 7) is 1.57. The topological polar surface area (TPSA) is 30.5 Å². The molecule has 0 amide bonds. The van der Waals surface area contributed by atoms with Crippen molar-refractivity contribution in [3.63, 3.8) is 0 Å². The number of para-hydroxylation sites is 3. The van der Waals surface area contributed by atoms with Crippen LogP contribution in [0.25, 0.3) is 0 Å². The molecule has 1 N–H and O–H groups in total. The van der Waals surface area contributed by atoms with E-state index in [2.05, 4.69) is 23.5 Å². The number of hydrogen-bond acceptors (Lipinski definition) is 3. The van der Waals surface area contributed by atoms with Crippen LogP contribution in [0.4, 0.5) is 5.69 Å². The van der Waals surface area contributed by atoms with Crippen molar-refractivity contribution in [1.29, 1.82) is 0 Å². The third kappa shape index (κ3) is 2.36. The van der Waals surface area contributed by atoms with Crippen LogP contribution in [0.5, 0.6) is 11.5 Å². The van der Waals surface area contributed by atoms with Gasteiger partial charge in [0, 0.05) is 17.8 Å². The largest absolute Gasteiger partial charge is 0.493 e. The standard InChI is InChI=1S/C16H17NO2/c1-18-14-7-2-3-8-15(14)19-11-13-6-4-5-12-9-10-17-16(12)13/h2-8,17H,9-11H2,1H3. The Hall–Kier alpha value is -2.16. The van der Waals surface area contributed by atoms with Gasteiger partial charge in [-0.1, -0.05) is 30.3 Å². The van der Waals surface area contributed by atoms with E-state index in [-0.39, 0.29) is 0 Å². The fourth-order valence-corrected chi connectivity index (χ4v) is 2.42. The first kappa shape index (κ1) is 11.9. The van der Waals surface area contributed by atoms with Crippen molar-refractivity contribution in [2.75, 3.05) is 19.0 Å². The van der Waals surface area contributed by atoms with Gasteiger partial charge in [-0.15, -0.1) is 0 Å². The zero-order valence-electron chi connectivity index (χ0n) is 11.0. The molecule has 0 unspecified atom stereocenters. The van der Waals surface area contributed by atoms with Crippen LogP contribution >= 0.6 is 0 Å². The first-order valence-corrected chi connectivity index (χ1v) is 6.49. The highest BCUT2D eigenvalue weighted by molar-refractivity contribution is 5.61. The van der Waals surface area contributed by atoms with Crippen LogP contribution in [0.2, 0.25) is 0 Å². The van der Waals surface area contributed by atoms with Crippen LogP contribution in [0.1, 0.15) is 11.1 Å². The highest BCUT2D eigenvalue weighted by atomic mass is 16.5. The maximum atomic E-state index is 5.87. The van der Waals surface area contributed by atoms with Crippen LogP contribution in [-0.2, 0) is 13.0 Å². The summed E-state index contributed by atoms with van der Waals surface area (Å²) in [5.41, 5.74) is 3.81. The lowest BCUT2D eigenvalue weighted by Crippen LogP contribution is -2.01. The van der Waals surface area contributed by atoms with Crippen molar-refractivity contribution in [3.05, 3.63) is 53.6 Å². The zero-order chi connectivity index (χ0) is 13.1. The minimum Gasteiger partial charge on any atom is -0.493 e. The van der Waals surface area contributed by atoms with Crippen molar-refractivity contribution in [2.24, 2.45) is 0 Å². The van der Waals surface area contributed by atoms with Crippen molar-refractivity contribution >= 4 is 5.69 Å². The summed E-state index contributed by atoms with van der Waals surface area (Å²) in [4.78, 5) is 0. The smallest absolute Gasteiger partial charge is 0.161 e. The summed E-state index contributed by atoms with van der Waals surface area (Å²) >= 11 is 0. The Morgan fingerprint density at radius 3 is 2.74 bits per heavy atom. The molecule has 1 heterocycles. The molecule has 0 fully saturated rings. The molecule has 0 atom stereocenters. The van der Waals surface area contributed by atoms with E-state index in [0.717, 1.165) is 24.5 Å². The summed E-state index contributed by atoms with van der Waals surface area (Å²) in [7, 11) is 1.66. The molecule has 0 saturated heterocycles. The molecule has 3 heteroatoms. The second-order valence-electron chi connectivity index (χ2n) is 4.57. The van der Waals surface area contributed by atoms with E-state index in [4.69, 9.17) is 9.47 Å². The monoisotopic (exact) mass is 255 g/mol. The van der Waals surface area contributed by atoms with Gasteiger partial charge in [-0.25, -0.2) is 0 Å². The molecule has 0 aliphatic carbocycles. The predicted molar refractivity (Wildman–Crippen MR) is 76.0 cm³/mol. The minimum absolute atomic E-state index is 0.552. The lowest BCUT2D eigenvalue weighted by Gasteiger charge is -2.12. The molecule has 1 aliphatic heterocycles. The summed E-state index contributed by atoms with van der Waals surface area (Å²) in [6, 6.07) is 14.1. The van der Waals surface area contributed by atoms with Crippen LogP contribution in [-0.4, -0.2) is 13.7 Å². The summed E-state index contributed by atoms with van der Waals surface area (Å²) in [5.74, 6) is 1.55. The van der Waals surface area contributed by atoms with Crippen LogP contribution in [0.3, 0.4) is 0 Å².